The van der Waals surface area contributed by atoms with Gasteiger partial charge >= 0.3 is 0 Å². The Morgan fingerprint density at radius 3 is 2.44 bits per heavy atom. The third-order valence-electron chi connectivity index (χ3n) is 3.52. The molecule has 2 aromatic rings. The van der Waals surface area contributed by atoms with E-state index in [1.807, 2.05) is 37.5 Å². The molecule has 3 heteroatoms. The van der Waals surface area contributed by atoms with Crippen LogP contribution in [0.1, 0.15) is 25.1 Å². The van der Waals surface area contributed by atoms with Gasteiger partial charge in [0.25, 0.3) is 0 Å². The molecule has 0 saturated heterocycles. The second kappa shape index (κ2) is 4.94. The molecule has 0 aliphatic rings. The van der Waals surface area contributed by atoms with Gasteiger partial charge in [-0.1, -0.05) is 44.2 Å². The van der Waals surface area contributed by atoms with E-state index in [-0.39, 0.29) is 5.41 Å². The van der Waals surface area contributed by atoms with E-state index in [2.05, 4.69) is 31.1 Å². The van der Waals surface area contributed by atoms with E-state index < -0.39 is 6.10 Å². The van der Waals surface area contributed by atoms with Crippen LogP contribution in [0.5, 0.6) is 0 Å². The van der Waals surface area contributed by atoms with Crippen LogP contribution in [-0.4, -0.2) is 21.0 Å². The molecule has 1 heterocycles. The van der Waals surface area contributed by atoms with E-state index in [4.69, 9.17) is 0 Å². The van der Waals surface area contributed by atoms with Crippen LogP contribution in [0.3, 0.4) is 0 Å². The number of aryl methyl sites for hydroxylation is 1. The van der Waals surface area contributed by atoms with Crippen LogP contribution in [0.4, 0.5) is 0 Å². The van der Waals surface area contributed by atoms with Gasteiger partial charge in [0.15, 0.2) is 0 Å². The third kappa shape index (κ3) is 2.62. The summed E-state index contributed by atoms with van der Waals surface area (Å²) in [7, 11) is 1.89. The zero-order chi connectivity index (χ0) is 13.2. The van der Waals surface area contributed by atoms with Gasteiger partial charge in [-0.3, -0.25) is 4.68 Å². The molecule has 3 nitrogen and oxygen atoms in total. The molecule has 0 saturated carbocycles. The van der Waals surface area contributed by atoms with Crippen molar-refractivity contribution in [2.75, 3.05) is 0 Å². The molecule has 0 bridgehead atoms. The molecule has 18 heavy (non-hydrogen) atoms. The minimum absolute atomic E-state index is 0.279. The van der Waals surface area contributed by atoms with Gasteiger partial charge in [-0.25, -0.2) is 0 Å². The van der Waals surface area contributed by atoms with Crippen LogP contribution in [0.15, 0.2) is 42.6 Å². The molecule has 1 atom stereocenters. The van der Waals surface area contributed by atoms with Crippen LogP contribution >= 0.6 is 0 Å². The van der Waals surface area contributed by atoms with Crippen molar-refractivity contribution in [2.45, 2.75) is 31.8 Å². The number of nitrogens with zero attached hydrogens (tertiary/aromatic N) is 2. The minimum Gasteiger partial charge on any atom is -0.392 e. The van der Waals surface area contributed by atoms with Crippen molar-refractivity contribution in [1.82, 2.24) is 9.78 Å². The maximum atomic E-state index is 10.4. The summed E-state index contributed by atoms with van der Waals surface area (Å²) < 4.78 is 1.76. The first-order valence-corrected chi connectivity index (χ1v) is 6.22. The smallest absolute Gasteiger partial charge is 0.0687 e. The van der Waals surface area contributed by atoms with E-state index in [9.17, 15) is 5.11 Å². The van der Waals surface area contributed by atoms with Crippen molar-refractivity contribution in [3.8, 4) is 0 Å². The van der Waals surface area contributed by atoms with Crippen LogP contribution in [-0.2, 0) is 18.9 Å². The molecular weight excluding hydrogens is 224 g/mol. The molecule has 1 N–H and O–H groups in total. The molecule has 1 unspecified atom stereocenters. The van der Waals surface area contributed by atoms with Gasteiger partial charge in [-0.05, 0) is 11.6 Å². The van der Waals surface area contributed by atoms with Crippen molar-refractivity contribution in [3.63, 3.8) is 0 Å². The summed E-state index contributed by atoms with van der Waals surface area (Å²) in [4.78, 5) is 0. The van der Waals surface area contributed by atoms with Crippen LogP contribution in [0.25, 0.3) is 0 Å². The third-order valence-corrected chi connectivity index (χ3v) is 3.52. The fourth-order valence-corrected chi connectivity index (χ4v) is 2.09. The van der Waals surface area contributed by atoms with E-state index >= 15 is 0 Å². The highest BCUT2D eigenvalue weighted by Gasteiger charge is 2.30. The Morgan fingerprint density at radius 1 is 1.22 bits per heavy atom. The van der Waals surface area contributed by atoms with Crippen molar-refractivity contribution < 1.29 is 5.11 Å². The Kier molecular flexibility index (Phi) is 3.53. The predicted molar refractivity (Wildman–Crippen MR) is 72.4 cm³/mol. The summed E-state index contributed by atoms with van der Waals surface area (Å²) in [5, 5.41) is 14.8. The first-order valence-electron chi connectivity index (χ1n) is 6.22. The Labute approximate surface area is 108 Å². The molecule has 0 aliphatic carbocycles. The summed E-state index contributed by atoms with van der Waals surface area (Å²) in [6.07, 6.45) is 2.02. The van der Waals surface area contributed by atoms with E-state index in [0.29, 0.717) is 6.42 Å². The molecule has 96 valence electrons. The summed E-state index contributed by atoms with van der Waals surface area (Å²) in [6.45, 7) is 4.13. The fraction of sp³-hybridized carbons (Fsp3) is 0.400. The summed E-state index contributed by atoms with van der Waals surface area (Å²) in [6, 6.07) is 12.1. The number of aromatic nitrogens is 2. The SMILES string of the molecule is Cn1ccc(CC(O)C(C)(C)c2ccccc2)n1. The Morgan fingerprint density at radius 2 is 1.89 bits per heavy atom. The van der Waals surface area contributed by atoms with Crippen LogP contribution in [0, 0.1) is 0 Å². The van der Waals surface area contributed by atoms with Gasteiger partial charge in [0, 0.05) is 25.1 Å². The molecule has 0 radical (unpaired) electrons. The van der Waals surface area contributed by atoms with Gasteiger partial charge in [-0.15, -0.1) is 0 Å². The number of aliphatic hydroxyl groups is 1. The van der Waals surface area contributed by atoms with Gasteiger partial charge in [0.1, 0.15) is 0 Å². The number of benzene rings is 1. The topological polar surface area (TPSA) is 38.0 Å². The summed E-state index contributed by atoms with van der Waals surface area (Å²) in [5.41, 5.74) is 1.79. The second-order valence-corrected chi connectivity index (χ2v) is 5.29. The molecule has 0 amide bonds. The van der Waals surface area contributed by atoms with Gasteiger partial charge < -0.3 is 5.11 Å². The Hall–Kier alpha value is -1.61. The fourth-order valence-electron chi connectivity index (χ4n) is 2.09. The Bertz CT molecular complexity index is 502. The zero-order valence-corrected chi connectivity index (χ0v) is 11.2. The van der Waals surface area contributed by atoms with E-state index in [0.717, 1.165) is 11.3 Å². The molecule has 0 spiro atoms. The number of hydrogen-bond acceptors (Lipinski definition) is 2. The van der Waals surface area contributed by atoms with E-state index in [1.165, 1.54) is 0 Å². The van der Waals surface area contributed by atoms with Crippen molar-refractivity contribution >= 4 is 0 Å². The largest absolute Gasteiger partial charge is 0.392 e. The van der Waals surface area contributed by atoms with Crippen LogP contribution < -0.4 is 0 Å². The number of aliphatic hydroxyl groups excluding tert-OH is 1. The second-order valence-electron chi connectivity index (χ2n) is 5.29. The molecule has 1 aromatic heterocycles. The minimum atomic E-state index is -0.449. The normalized spacial score (nSPS) is 13.6. The lowest BCUT2D eigenvalue weighted by Gasteiger charge is -2.30. The summed E-state index contributed by atoms with van der Waals surface area (Å²) >= 11 is 0. The maximum absolute atomic E-state index is 10.4. The standard InChI is InChI=1S/C15H20N2O/c1-15(2,12-7-5-4-6-8-12)14(18)11-13-9-10-17(3)16-13/h4-10,14,18H,11H2,1-3H3. The van der Waals surface area contributed by atoms with Crippen molar-refractivity contribution in [3.05, 3.63) is 53.9 Å². The van der Waals surface area contributed by atoms with Crippen LogP contribution in [0.2, 0.25) is 0 Å². The average Bonchev–Trinajstić information content (AvgIpc) is 2.76. The molecule has 2 rings (SSSR count). The molecular formula is C15H20N2O. The molecule has 0 fully saturated rings. The monoisotopic (exact) mass is 244 g/mol. The highest BCUT2D eigenvalue weighted by molar-refractivity contribution is 5.25. The summed E-state index contributed by atoms with van der Waals surface area (Å²) in [5.74, 6) is 0. The maximum Gasteiger partial charge on any atom is 0.0687 e. The Balaban J connectivity index is 2.15. The highest BCUT2D eigenvalue weighted by atomic mass is 16.3. The van der Waals surface area contributed by atoms with Gasteiger partial charge in [0.2, 0.25) is 0 Å². The number of rotatable bonds is 4. The number of hydrogen-bond donors (Lipinski definition) is 1. The van der Waals surface area contributed by atoms with Crippen molar-refractivity contribution in [2.24, 2.45) is 7.05 Å². The van der Waals surface area contributed by atoms with Gasteiger partial charge in [0.05, 0.1) is 11.8 Å². The molecule has 0 aliphatic heterocycles. The lowest BCUT2D eigenvalue weighted by molar-refractivity contribution is 0.0989. The first-order chi connectivity index (χ1) is 8.50. The lowest BCUT2D eigenvalue weighted by Crippen LogP contribution is -2.35. The van der Waals surface area contributed by atoms with Crippen molar-refractivity contribution in [1.29, 1.82) is 0 Å². The average molecular weight is 244 g/mol. The van der Waals surface area contributed by atoms with E-state index in [1.54, 1.807) is 4.68 Å². The first kappa shape index (κ1) is 12.8. The lowest BCUT2D eigenvalue weighted by atomic mass is 9.78. The highest BCUT2D eigenvalue weighted by Crippen LogP contribution is 2.28. The van der Waals surface area contributed by atoms with Gasteiger partial charge in [-0.2, -0.15) is 5.10 Å². The predicted octanol–water partition coefficient (Wildman–Crippen LogP) is 2.30. The zero-order valence-electron chi connectivity index (χ0n) is 11.2. The quantitative estimate of drug-likeness (QED) is 0.896. The molecule has 1 aromatic carbocycles.